The summed E-state index contributed by atoms with van der Waals surface area (Å²) >= 11 is 0. The molecule has 0 saturated heterocycles. The highest BCUT2D eigenvalue weighted by molar-refractivity contribution is 5.80. The second kappa shape index (κ2) is 10.6. The highest BCUT2D eigenvalue weighted by Crippen LogP contribution is 2.12. The van der Waals surface area contributed by atoms with Gasteiger partial charge in [0.05, 0.1) is 12.1 Å². The van der Waals surface area contributed by atoms with E-state index in [9.17, 15) is 4.79 Å². The smallest absolute Gasteiger partial charge is 0.144 e. The van der Waals surface area contributed by atoms with Gasteiger partial charge < -0.3 is 4.52 Å². The Labute approximate surface area is 123 Å². The first kappa shape index (κ1) is 16.9. The van der Waals surface area contributed by atoms with Gasteiger partial charge in [0.15, 0.2) is 0 Å². The second-order valence-corrected chi connectivity index (χ2v) is 5.73. The van der Waals surface area contributed by atoms with E-state index in [2.05, 4.69) is 12.1 Å². The van der Waals surface area contributed by atoms with E-state index >= 15 is 0 Å². The predicted molar refractivity (Wildman–Crippen MR) is 81.8 cm³/mol. The minimum absolute atomic E-state index is 0.268. The molecule has 20 heavy (non-hydrogen) atoms. The van der Waals surface area contributed by atoms with Gasteiger partial charge >= 0.3 is 0 Å². The Kier molecular flexibility index (Phi) is 9.01. The molecular formula is C17H29NO2. The molecule has 1 aromatic rings. The van der Waals surface area contributed by atoms with Crippen LogP contribution < -0.4 is 0 Å². The van der Waals surface area contributed by atoms with Crippen molar-refractivity contribution in [2.75, 3.05) is 0 Å². The van der Waals surface area contributed by atoms with Crippen molar-refractivity contribution in [2.45, 2.75) is 84.5 Å². The number of carbonyl (C=O) groups excluding carboxylic acids is 1. The van der Waals surface area contributed by atoms with Crippen molar-refractivity contribution in [1.29, 1.82) is 0 Å². The van der Waals surface area contributed by atoms with Crippen LogP contribution in [0.15, 0.2) is 10.6 Å². The molecule has 0 saturated carbocycles. The maximum atomic E-state index is 11.7. The maximum Gasteiger partial charge on any atom is 0.144 e. The van der Waals surface area contributed by atoms with Gasteiger partial charge in [0.1, 0.15) is 11.5 Å². The number of hydrogen-bond acceptors (Lipinski definition) is 3. The average Bonchev–Trinajstić information content (AvgIpc) is 2.82. The van der Waals surface area contributed by atoms with Gasteiger partial charge in [-0.1, -0.05) is 63.4 Å². The van der Waals surface area contributed by atoms with E-state index in [1.54, 1.807) is 0 Å². The van der Waals surface area contributed by atoms with E-state index in [4.69, 9.17) is 4.52 Å². The molecule has 1 heterocycles. The van der Waals surface area contributed by atoms with Crippen LogP contribution in [0.25, 0.3) is 0 Å². The van der Waals surface area contributed by atoms with E-state index in [-0.39, 0.29) is 5.78 Å². The summed E-state index contributed by atoms with van der Waals surface area (Å²) in [5.74, 6) is 0.965. The standard InChI is InChI=1S/C17H29NO2/c1-3-4-5-6-7-8-9-10-11-12-16(19)14-17-13-15(2)18-20-17/h13H,3-12,14H2,1-2H3. The fraction of sp³-hybridized carbons (Fsp3) is 0.765. The van der Waals surface area contributed by atoms with Crippen LogP contribution in [0, 0.1) is 6.92 Å². The number of hydrogen-bond donors (Lipinski definition) is 0. The summed E-state index contributed by atoms with van der Waals surface area (Å²) in [4.78, 5) is 11.7. The van der Waals surface area contributed by atoms with Gasteiger partial charge in [-0.25, -0.2) is 0 Å². The Morgan fingerprint density at radius 3 is 2.20 bits per heavy atom. The zero-order valence-electron chi connectivity index (χ0n) is 13.1. The first-order chi connectivity index (χ1) is 9.72. The first-order valence-electron chi connectivity index (χ1n) is 8.16. The fourth-order valence-corrected chi connectivity index (χ4v) is 2.42. The lowest BCUT2D eigenvalue weighted by Crippen LogP contribution is -2.01. The molecule has 0 aliphatic carbocycles. The number of ketones is 1. The molecule has 0 aliphatic heterocycles. The molecule has 0 bridgehead atoms. The molecule has 3 nitrogen and oxygen atoms in total. The Morgan fingerprint density at radius 2 is 1.65 bits per heavy atom. The third kappa shape index (κ3) is 8.13. The molecule has 114 valence electrons. The van der Waals surface area contributed by atoms with E-state index in [0.717, 1.165) is 12.1 Å². The molecule has 1 aromatic heterocycles. The Balaban J connectivity index is 1.92. The van der Waals surface area contributed by atoms with Crippen molar-refractivity contribution in [1.82, 2.24) is 5.16 Å². The van der Waals surface area contributed by atoms with Gasteiger partial charge in [0.25, 0.3) is 0 Å². The summed E-state index contributed by atoms with van der Waals surface area (Å²) in [6.45, 7) is 4.12. The van der Waals surface area contributed by atoms with Gasteiger partial charge in [-0.2, -0.15) is 0 Å². The van der Waals surface area contributed by atoms with Crippen molar-refractivity contribution < 1.29 is 9.32 Å². The van der Waals surface area contributed by atoms with Gasteiger partial charge in [-0.15, -0.1) is 0 Å². The van der Waals surface area contributed by atoms with Crippen LogP contribution >= 0.6 is 0 Å². The molecule has 0 aliphatic rings. The van der Waals surface area contributed by atoms with Crippen LogP contribution in [-0.4, -0.2) is 10.9 Å². The van der Waals surface area contributed by atoms with Crippen molar-refractivity contribution in [3.8, 4) is 0 Å². The second-order valence-electron chi connectivity index (χ2n) is 5.73. The monoisotopic (exact) mass is 279 g/mol. The topological polar surface area (TPSA) is 43.1 Å². The van der Waals surface area contributed by atoms with Gasteiger partial charge in [0.2, 0.25) is 0 Å². The Morgan fingerprint density at radius 1 is 1.05 bits per heavy atom. The van der Waals surface area contributed by atoms with E-state index < -0.39 is 0 Å². The number of rotatable bonds is 12. The van der Waals surface area contributed by atoms with Crippen LogP contribution in [0.2, 0.25) is 0 Å². The molecule has 0 amide bonds. The highest BCUT2D eigenvalue weighted by atomic mass is 16.5. The molecule has 0 spiro atoms. The lowest BCUT2D eigenvalue weighted by atomic mass is 10.0. The summed E-state index contributed by atoms with van der Waals surface area (Å²) < 4.78 is 5.06. The molecular weight excluding hydrogens is 250 g/mol. The molecule has 0 N–H and O–H groups in total. The minimum atomic E-state index is 0.268. The van der Waals surface area contributed by atoms with Crippen LogP contribution in [0.4, 0.5) is 0 Å². The highest BCUT2D eigenvalue weighted by Gasteiger charge is 2.07. The van der Waals surface area contributed by atoms with E-state index in [1.165, 1.54) is 51.4 Å². The molecule has 1 rings (SSSR count). The average molecular weight is 279 g/mol. The van der Waals surface area contributed by atoms with E-state index in [1.807, 2.05) is 13.0 Å². The largest absolute Gasteiger partial charge is 0.361 e. The summed E-state index contributed by atoms with van der Waals surface area (Å²) in [6.07, 6.45) is 12.6. The molecule has 0 aromatic carbocycles. The summed E-state index contributed by atoms with van der Waals surface area (Å²) in [5.41, 5.74) is 0.843. The van der Waals surface area contributed by atoms with Crippen molar-refractivity contribution in [3.63, 3.8) is 0 Å². The number of aromatic nitrogens is 1. The molecule has 0 radical (unpaired) electrons. The zero-order chi connectivity index (χ0) is 14.6. The van der Waals surface area contributed by atoms with Gasteiger partial charge in [-0.05, 0) is 13.3 Å². The van der Waals surface area contributed by atoms with Crippen molar-refractivity contribution >= 4 is 5.78 Å². The third-order valence-electron chi connectivity index (χ3n) is 3.61. The molecule has 0 atom stereocenters. The van der Waals surface area contributed by atoms with Crippen LogP contribution in [0.1, 0.15) is 82.6 Å². The summed E-state index contributed by atoms with van der Waals surface area (Å²) in [6, 6.07) is 1.84. The fourth-order valence-electron chi connectivity index (χ4n) is 2.42. The van der Waals surface area contributed by atoms with Crippen LogP contribution in [0.5, 0.6) is 0 Å². The minimum Gasteiger partial charge on any atom is -0.361 e. The number of unbranched alkanes of at least 4 members (excludes halogenated alkanes) is 8. The predicted octanol–water partition coefficient (Wildman–Crippen LogP) is 5.02. The number of nitrogens with zero attached hydrogens (tertiary/aromatic N) is 1. The third-order valence-corrected chi connectivity index (χ3v) is 3.61. The Hall–Kier alpha value is -1.12. The lowest BCUT2D eigenvalue weighted by molar-refractivity contribution is -0.118. The van der Waals surface area contributed by atoms with Crippen molar-refractivity contribution in [3.05, 3.63) is 17.5 Å². The summed E-state index contributed by atoms with van der Waals surface area (Å²) in [7, 11) is 0. The zero-order valence-corrected chi connectivity index (χ0v) is 13.1. The number of Topliss-reactive ketones (excluding diaryl/α,β-unsaturated/α-hetero) is 1. The van der Waals surface area contributed by atoms with Crippen LogP contribution in [-0.2, 0) is 11.2 Å². The van der Waals surface area contributed by atoms with Crippen LogP contribution in [0.3, 0.4) is 0 Å². The maximum absolute atomic E-state index is 11.7. The van der Waals surface area contributed by atoms with Crippen molar-refractivity contribution in [2.24, 2.45) is 0 Å². The normalized spacial score (nSPS) is 10.9. The lowest BCUT2D eigenvalue weighted by Gasteiger charge is -2.01. The summed E-state index contributed by atoms with van der Waals surface area (Å²) in [5, 5.41) is 3.79. The molecule has 0 unspecified atom stereocenters. The molecule has 3 heteroatoms. The quantitative estimate of drug-likeness (QED) is 0.505. The Bertz CT molecular complexity index is 371. The SMILES string of the molecule is CCCCCCCCCCCC(=O)Cc1cc(C)no1. The first-order valence-corrected chi connectivity index (χ1v) is 8.16. The van der Waals surface area contributed by atoms with Gasteiger partial charge in [-0.3, -0.25) is 4.79 Å². The number of aryl methyl sites for hydroxylation is 1. The molecule has 0 fully saturated rings. The van der Waals surface area contributed by atoms with Gasteiger partial charge in [0, 0.05) is 12.5 Å². The van der Waals surface area contributed by atoms with E-state index in [0.29, 0.717) is 18.6 Å². The number of carbonyl (C=O) groups is 1.